The molecule has 0 saturated carbocycles. The van der Waals surface area contributed by atoms with Gasteiger partial charge in [0.05, 0.1) is 29.3 Å². The molecule has 180 valence electrons. The van der Waals surface area contributed by atoms with E-state index in [9.17, 15) is 9.18 Å². The first-order valence-corrected chi connectivity index (χ1v) is 11.9. The summed E-state index contributed by atoms with van der Waals surface area (Å²) < 4.78 is 30.1. The average molecular weight is 513 g/mol. The third-order valence-electron chi connectivity index (χ3n) is 4.85. The van der Waals surface area contributed by atoms with Crippen molar-refractivity contribution >= 4 is 46.2 Å². The third-order valence-corrected chi connectivity index (χ3v) is 6.04. The number of halogens is 2. The number of benzene rings is 3. The number of ether oxygens (including phenoxy) is 3. The summed E-state index contributed by atoms with van der Waals surface area (Å²) in [5.74, 6) is 0.883. The number of carbonyl (C=O) groups excluding carboxylic acids is 1. The third kappa shape index (κ3) is 6.35. The van der Waals surface area contributed by atoms with E-state index in [2.05, 4.69) is 10.3 Å². The number of aliphatic imine (C=N–C) groups is 1. The molecule has 4 rings (SSSR count). The second-order valence-electron chi connectivity index (χ2n) is 7.36. The second-order valence-corrected chi connectivity index (χ2v) is 8.80. The molecule has 0 aliphatic carbocycles. The molecule has 1 N–H and O–H groups in total. The van der Waals surface area contributed by atoms with E-state index in [-0.39, 0.29) is 18.3 Å². The molecule has 0 atom stereocenters. The van der Waals surface area contributed by atoms with Crippen molar-refractivity contribution in [1.29, 1.82) is 0 Å². The highest BCUT2D eigenvalue weighted by molar-refractivity contribution is 8.18. The van der Waals surface area contributed by atoms with Gasteiger partial charge in [-0.25, -0.2) is 9.38 Å². The Morgan fingerprint density at radius 2 is 1.91 bits per heavy atom. The van der Waals surface area contributed by atoms with Gasteiger partial charge in [-0.1, -0.05) is 23.7 Å². The number of amidine groups is 1. The fourth-order valence-electron chi connectivity index (χ4n) is 3.28. The Balaban J connectivity index is 1.50. The highest BCUT2D eigenvalue weighted by Gasteiger charge is 2.24. The Morgan fingerprint density at radius 3 is 2.63 bits per heavy atom. The number of hydrogen-bond acceptors (Lipinski definition) is 6. The molecule has 9 heteroatoms. The van der Waals surface area contributed by atoms with Crippen molar-refractivity contribution in [2.45, 2.75) is 13.5 Å². The molecule has 1 saturated heterocycles. The smallest absolute Gasteiger partial charge is 0.264 e. The lowest BCUT2D eigenvalue weighted by atomic mass is 10.1. The van der Waals surface area contributed by atoms with Crippen LogP contribution >= 0.6 is 23.4 Å². The van der Waals surface area contributed by atoms with E-state index < -0.39 is 0 Å². The maximum atomic E-state index is 13.4. The first kappa shape index (κ1) is 24.6. The molecule has 3 aromatic rings. The standard InChI is InChI=1S/C26H22ClFN2O4S/c1-3-33-20-9-7-19(8-10-20)29-26-30-25(31)23(35-26)14-17-12-21(27)24(22(13-17)32-2)34-15-16-5-4-6-18(28)11-16/h4-14H,3,15H2,1-2H3,(H,29,30,31)/b23-14+. The van der Waals surface area contributed by atoms with E-state index in [1.165, 1.54) is 31.0 Å². The zero-order chi connectivity index (χ0) is 24.8. The van der Waals surface area contributed by atoms with Crippen LogP contribution in [0.3, 0.4) is 0 Å². The summed E-state index contributed by atoms with van der Waals surface area (Å²) in [6, 6.07) is 16.8. The summed E-state index contributed by atoms with van der Waals surface area (Å²) >= 11 is 7.68. The normalized spacial score (nSPS) is 15.4. The Hall–Kier alpha value is -3.49. The van der Waals surface area contributed by atoms with Gasteiger partial charge in [-0.2, -0.15) is 0 Å². The lowest BCUT2D eigenvalue weighted by Crippen LogP contribution is -2.19. The summed E-state index contributed by atoms with van der Waals surface area (Å²) in [6.45, 7) is 2.63. The molecule has 0 unspecified atom stereocenters. The van der Waals surface area contributed by atoms with Gasteiger partial charge >= 0.3 is 0 Å². The van der Waals surface area contributed by atoms with Crippen LogP contribution in [-0.2, 0) is 11.4 Å². The van der Waals surface area contributed by atoms with Gasteiger partial charge in [-0.05, 0) is 84.4 Å². The summed E-state index contributed by atoms with van der Waals surface area (Å²) in [4.78, 5) is 17.4. The van der Waals surface area contributed by atoms with Gasteiger partial charge in [0, 0.05) is 0 Å². The van der Waals surface area contributed by atoms with Crippen LogP contribution in [0.25, 0.3) is 6.08 Å². The molecule has 0 radical (unpaired) electrons. The maximum Gasteiger partial charge on any atom is 0.264 e. The molecule has 1 aliphatic rings. The minimum Gasteiger partial charge on any atom is -0.494 e. The molecule has 1 heterocycles. The Bertz CT molecular complexity index is 1300. The van der Waals surface area contributed by atoms with Crippen LogP contribution < -0.4 is 19.5 Å². The predicted octanol–water partition coefficient (Wildman–Crippen LogP) is 6.36. The number of nitrogens with zero attached hydrogens (tertiary/aromatic N) is 1. The molecule has 1 aliphatic heterocycles. The summed E-state index contributed by atoms with van der Waals surface area (Å²) in [7, 11) is 1.50. The molecular formula is C26H22ClFN2O4S. The van der Waals surface area contributed by atoms with Crippen molar-refractivity contribution in [1.82, 2.24) is 5.32 Å². The van der Waals surface area contributed by atoms with Crippen molar-refractivity contribution in [3.8, 4) is 17.2 Å². The Labute approximate surface area is 211 Å². The molecule has 35 heavy (non-hydrogen) atoms. The van der Waals surface area contributed by atoms with Crippen LogP contribution in [0, 0.1) is 5.82 Å². The van der Waals surface area contributed by atoms with Crippen LogP contribution in [-0.4, -0.2) is 24.8 Å². The van der Waals surface area contributed by atoms with Crippen LogP contribution in [0.4, 0.5) is 10.1 Å². The van der Waals surface area contributed by atoms with Gasteiger partial charge in [0.15, 0.2) is 16.7 Å². The van der Waals surface area contributed by atoms with E-state index in [1.807, 2.05) is 31.2 Å². The van der Waals surface area contributed by atoms with E-state index in [0.29, 0.717) is 50.0 Å². The van der Waals surface area contributed by atoms with E-state index in [0.717, 1.165) is 5.75 Å². The first-order valence-electron chi connectivity index (χ1n) is 10.7. The van der Waals surface area contributed by atoms with Gasteiger partial charge in [0.25, 0.3) is 5.91 Å². The lowest BCUT2D eigenvalue weighted by molar-refractivity contribution is -0.115. The SMILES string of the molecule is CCOc1ccc(N=C2NC(=O)/C(=C\c3cc(Cl)c(OCc4cccc(F)c4)c(OC)c3)S2)cc1. The highest BCUT2D eigenvalue weighted by atomic mass is 35.5. The topological polar surface area (TPSA) is 69.2 Å². The predicted molar refractivity (Wildman–Crippen MR) is 137 cm³/mol. The number of methoxy groups -OCH3 is 1. The number of nitrogens with one attached hydrogen (secondary N) is 1. The van der Waals surface area contributed by atoms with Crippen molar-refractivity contribution in [3.63, 3.8) is 0 Å². The minimum absolute atomic E-state index is 0.123. The first-order chi connectivity index (χ1) is 16.9. The summed E-state index contributed by atoms with van der Waals surface area (Å²) in [5, 5.41) is 3.54. The molecule has 0 spiro atoms. The molecule has 1 fully saturated rings. The zero-order valence-electron chi connectivity index (χ0n) is 19.0. The zero-order valence-corrected chi connectivity index (χ0v) is 20.6. The van der Waals surface area contributed by atoms with Crippen molar-refractivity contribution in [2.75, 3.05) is 13.7 Å². The molecule has 0 aromatic heterocycles. The van der Waals surface area contributed by atoms with Gasteiger partial charge in [-0.15, -0.1) is 0 Å². The van der Waals surface area contributed by atoms with E-state index in [1.54, 1.807) is 30.3 Å². The minimum atomic E-state index is -0.344. The fraction of sp³-hybridized carbons (Fsp3) is 0.154. The Morgan fingerprint density at radius 1 is 1.11 bits per heavy atom. The summed E-state index contributed by atoms with van der Waals surface area (Å²) in [6.07, 6.45) is 1.70. The molecule has 6 nitrogen and oxygen atoms in total. The second kappa shape index (κ2) is 11.3. The number of carbonyl (C=O) groups is 1. The summed E-state index contributed by atoms with van der Waals surface area (Å²) in [5.41, 5.74) is 2.01. The highest BCUT2D eigenvalue weighted by Crippen LogP contribution is 2.38. The molecular weight excluding hydrogens is 491 g/mol. The average Bonchev–Trinajstić information content (AvgIpc) is 3.17. The number of thioether (sulfide) groups is 1. The van der Waals surface area contributed by atoms with Crippen LogP contribution in [0.15, 0.2) is 70.6 Å². The van der Waals surface area contributed by atoms with Crippen LogP contribution in [0.2, 0.25) is 5.02 Å². The van der Waals surface area contributed by atoms with Crippen LogP contribution in [0.5, 0.6) is 17.2 Å². The van der Waals surface area contributed by atoms with Crippen molar-refractivity contribution in [2.24, 2.45) is 4.99 Å². The fourth-order valence-corrected chi connectivity index (χ4v) is 4.39. The van der Waals surface area contributed by atoms with Gasteiger partial charge in [-0.3, -0.25) is 4.79 Å². The maximum absolute atomic E-state index is 13.4. The van der Waals surface area contributed by atoms with Crippen LogP contribution in [0.1, 0.15) is 18.1 Å². The molecule has 3 aromatic carbocycles. The molecule has 1 amide bonds. The monoisotopic (exact) mass is 512 g/mol. The van der Waals surface area contributed by atoms with Gasteiger partial charge in [0.2, 0.25) is 0 Å². The number of rotatable bonds is 8. The van der Waals surface area contributed by atoms with Crippen molar-refractivity contribution < 1.29 is 23.4 Å². The van der Waals surface area contributed by atoms with Crippen molar-refractivity contribution in [3.05, 3.63) is 87.5 Å². The molecule has 0 bridgehead atoms. The Kier molecular flexibility index (Phi) is 7.94. The van der Waals surface area contributed by atoms with Gasteiger partial charge < -0.3 is 19.5 Å². The number of amides is 1. The lowest BCUT2D eigenvalue weighted by Gasteiger charge is -2.13. The van der Waals surface area contributed by atoms with E-state index in [4.69, 9.17) is 25.8 Å². The number of hydrogen-bond donors (Lipinski definition) is 1. The van der Waals surface area contributed by atoms with E-state index >= 15 is 0 Å². The largest absolute Gasteiger partial charge is 0.494 e. The van der Waals surface area contributed by atoms with Gasteiger partial charge in [0.1, 0.15) is 18.2 Å². The quantitative estimate of drug-likeness (QED) is 0.356.